The van der Waals surface area contributed by atoms with Crippen LogP contribution in [0.3, 0.4) is 0 Å². The molecule has 4 aromatic carbocycles. The number of hydrogen-bond acceptors (Lipinski definition) is 1. The SMILES string of the molecule is CC(C)(C)NC(=O)N1CC(P(c2ccccc2)c2ccccc2)CC1CP(c1ccccc1)c1ccccc1. The van der Waals surface area contributed by atoms with Crippen molar-refractivity contribution in [2.75, 3.05) is 12.7 Å². The number of carbonyl (C=O) groups excluding carboxylic acids is 1. The number of urea groups is 1. The number of carbonyl (C=O) groups is 1. The van der Waals surface area contributed by atoms with Crippen LogP contribution >= 0.6 is 15.8 Å². The third-order valence-electron chi connectivity index (χ3n) is 7.10. The van der Waals surface area contributed by atoms with E-state index >= 15 is 0 Å². The third-order valence-corrected chi connectivity index (χ3v) is 12.5. The summed E-state index contributed by atoms with van der Waals surface area (Å²) in [6.07, 6.45) is 1.97. The summed E-state index contributed by atoms with van der Waals surface area (Å²) in [6.45, 7) is 6.97. The lowest BCUT2D eigenvalue weighted by atomic mass is 10.1. The standard InChI is InChI=1S/C34H38N2OP2/c1-34(2,3)35-33(37)36-25-32(39(30-20-12-6-13-21-30)31-22-14-7-15-23-31)24-27(36)26-38(28-16-8-4-9-17-28)29-18-10-5-11-19-29/h4-23,27,32H,24-26H2,1-3H3,(H,35,37). The van der Waals surface area contributed by atoms with Crippen molar-refractivity contribution in [3.63, 3.8) is 0 Å². The number of likely N-dealkylation sites (tertiary alicyclic amines) is 1. The first-order valence-corrected chi connectivity index (χ1v) is 16.7. The molecule has 0 aliphatic carbocycles. The van der Waals surface area contributed by atoms with Gasteiger partial charge in [0.15, 0.2) is 0 Å². The summed E-state index contributed by atoms with van der Waals surface area (Å²) in [5.41, 5.74) is 0.108. The van der Waals surface area contributed by atoms with Gasteiger partial charge in [-0.2, -0.15) is 0 Å². The van der Waals surface area contributed by atoms with E-state index < -0.39 is 15.8 Å². The fraction of sp³-hybridized carbons (Fsp3) is 0.265. The van der Waals surface area contributed by atoms with Crippen molar-refractivity contribution in [2.24, 2.45) is 0 Å². The van der Waals surface area contributed by atoms with E-state index in [1.54, 1.807) is 0 Å². The summed E-state index contributed by atoms with van der Waals surface area (Å²) >= 11 is 0. The Morgan fingerprint density at radius 3 is 1.54 bits per heavy atom. The van der Waals surface area contributed by atoms with Gasteiger partial charge in [0.25, 0.3) is 0 Å². The monoisotopic (exact) mass is 552 g/mol. The smallest absolute Gasteiger partial charge is 0.318 e. The Morgan fingerprint density at radius 2 is 1.13 bits per heavy atom. The van der Waals surface area contributed by atoms with Crippen LogP contribution in [0.25, 0.3) is 0 Å². The molecule has 4 aromatic rings. The summed E-state index contributed by atoms with van der Waals surface area (Å²) in [5.74, 6) is 0. The van der Waals surface area contributed by atoms with Gasteiger partial charge in [0, 0.05) is 23.8 Å². The van der Waals surface area contributed by atoms with Gasteiger partial charge < -0.3 is 10.2 Å². The van der Waals surface area contributed by atoms with Gasteiger partial charge in [-0.05, 0) is 70.4 Å². The Bertz CT molecular complexity index is 1250. The van der Waals surface area contributed by atoms with E-state index in [2.05, 4.69) is 152 Å². The summed E-state index contributed by atoms with van der Waals surface area (Å²) in [6, 6.07) is 43.8. The lowest BCUT2D eigenvalue weighted by Gasteiger charge is -2.32. The Labute approximate surface area is 236 Å². The zero-order chi connectivity index (χ0) is 27.2. The molecule has 2 amide bonds. The van der Waals surface area contributed by atoms with Gasteiger partial charge >= 0.3 is 6.03 Å². The molecule has 1 aliphatic heterocycles. The van der Waals surface area contributed by atoms with Crippen molar-refractivity contribution in [3.8, 4) is 0 Å². The maximum absolute atomic E-state index is 13.8. The Hall–Kier alpha value is -2.99. The second kappa shape index (κ2) is 12.5. The average Bonchev–Trinajstić information content (AvgIpc) is 3.36. The first kappa shape index (κ1) is 27.6. The van der Waals surface area contributed by atoms with E-state index in [-0.39, 0.29) is 17.6 Å². The van der Waals surface area contributed by atoms with Crippen LogP contribution in [-0.2, 0) is 0 Å². The van der Waals surface area contributed by atoms with E-state index in [0.717, 1.165) is 19.1 Å². The highest BCUT2D eigenvalue weighted by molar-refractivity contribution is 7.74. The zero-order valence-electron chi connectivity index (χ0n) is 23.1. The van der Waals surface area contributed by atoms with Gasteiger partial charge in [-0.1, -0.05) is 121 Å². The van der Waals surface area contributed by atoms with E-state index in [4.69, 9.17) is 0 Å². The van der Waals surface area contributed by atoms with Crippen molar-refractivity contribution < 1.29 is 4.79 Å². The van der Waals surface area contributed by atoms with E-state index in [9.17, 15) is 4.79 Å². The summed E-state index contributed by atoms with van der Waals surface area (Å²) in [5, 5.41) is 8.79. The third kappa shape index (κ3) is 6.96. The van der Waals surface area contributed by atoms with Crippen LogP contribution in [0.15, 0.2) is 121 Å². The molecule has 0 saturated carbocycles. The molecule has 5 rings (SSSR count). The number of nitrogens with zero attached hydrogens (tertiary/aromatic N) is 1. The molecule has 3 nitrogen and oxygen atoms in total. The first-order valence-electron chi connectivity index (χ1n) is 13.7. The molecule has 2 atom stereocenters. The lowest BCUT2D eigenvalue weighted by Crippen LogP contribution is -2.51. The highest BCUT2D eigenvalue weighted by Gasteiger charge is 2.41. The highest BCUT2D eigenvalue weighted by atomic mass is 31.1. The molecular formula is C34H38N2OP2. The van der Waals surface area contributed by atoms with Gasteiger partial charge in [-0.25, -0.2) is 4.79 Å². The summed E-state index contributed by atoms with van der Waals surface area (Å²) in [4.78, 5) is 16.0. The molecule has 39 heavy (non-hydrogen) atoms. The van der Waals surface area contributed by atoms with E-state index in [1.807, 2.05) is 0 Å². The molecule has 1 heterocycles. The number of rotatable bonds is 7. The number of amides is 2. The van der Waals surface area contributed by atoms with Crippen LogP contribution in [0.1, 0.15) is 27.2 Å². The molecule has 5 heteroatoms. The van der Waals surface area contributed by atoms with Crippen molar-refractivity contribution in [1.29, 1.82) is 0 Å². The highest BCUT2D eigenvalue weighted by Crippen LogP contribution is 2.48. The zero-order valence-corrected chi connectivity index (χ0v) is 24.9. The van der Waals surface area contributed by atoms with Crippen LogP contribution in [0.4, 0.5) is 4.79 Å². The van der Waals surface area contributed by atoms with Crippen LogP contribution in [0, 0.1) is 0 Å². The fourth-order valence-electron chi connectivity index (χ4n) is 5.43. The van der Waals surface area contributed by atoms with Crippen molar-refractivity contribution in [3.05, 3.63) is 121 Å². The molecule has 1 saturated heterocycles. The Morgan fingerprint density at radius 1 is 0.718 bits per heavy atom. The fourth-order valence-corrected chi connectivity index (χ4v) is 10.9. The summed E-state index contributed by atoms with van der Waals surface area (Å²) in [7, 11) is -1.22. The second-order valence-corrected chi connectivity index (χ2v) is 16.0. The minimum absolute atomic E-state index is 0.0575. The van der Waals surface area contributed by atoms with Gasteiger partial charge in [0.1, 0.15) is 0 Å². The van der Waals surface area contributed by atoms with Crippen LogP contribution in [-0.4, -0.2) is 40.9 Å². The van der Waals surface area contributed by atoms with Crippen molar-refractivity contribution >= 4 is 43.1 Å². The number of nitrogens with one attached hydrogen (secondary N) is 1. The van der Waals surface area contributed by atoms with E-state index in [0.29, 0.717) is 5.66 Å². The molecule has 1 aliphatic rings. The normalized spacial score (nSPS) is 17.5. The van der Waals surface area contributed by atoms with Gasteiger partial charge in [-0.3, -0.25) is 0 Å². The van der Waals surface area contributed by atoms with Gasteiger partial charge in [-0.15, -0.1) is 0 Å². The average molecular weight is 553 g/mol. The van der Waals surface area contributed by atoms with Crippen LogP contribution < -0.4 is 26.5 Å². The maximum Gasteiger partial charge on any atom is 0.318 e. The van der Waals surface area contributed by atoms with Crippen molar-refractivity contribution in [2.45, 2.75) is 44.4 Å². The molecule has 200 valence electrons. The molecule has 0 spiro atoms. The first-order chi connectivity index (χ1) is 18.9. The van der Waals surface area contributed by atoms with Crippen molar-refractivity contribution in [1.82, 2.24) is 10.2 Å². The topological polar surface area (TPSA) is 32.3 Å². The van der Waals surface area contributed by atoms with Crippen LogP contribution in [0.2, 0.25) is 0 Å². The number of hydrogen-bond donors (Lipinski definition) is 1. The molecule has 1 fully saturated rings. The molecule has 1 N–H and O–H groups in total. The van der Waals surface area contributed by atoms with Crippen LogP contribution in [0.5, 0.6) is 0 Å². The van der Waals surface area contributed by atoms with Gasteiger partial charge in [0.05, 0.1) is 0 Å². The van der Waals surface area contributed by atoms with E-state index in [1.165, 1.54) is 21.2 Å². The lowest BCUT2D eigenvalue weighted by molar-refractivity contribution is 0.187. The van der Waals surface area contributed by atoms with Gasteiger partial charge in [0.2, 0.25) is 0 Å². The minimum Gasteiger partial charge on any atom is -0.333 e. The molecule has 0 bridgehead atoms. The Kier molecular flexibility index (Phi) is 8.81. The predicted octanol–water partition coefficient (Wildman–Crippen LogP) is 6.20. The number of benzene rings is 4. The maximum atomic E-state index is 13.8. The second-order valence-electron chi connectivity index (χ2n) is 11.2. The minimum atomic E-state index is -0.611. The summed E-state index contributed by atoms with van der Waals surface area (Å²) < 4.78 is 0. The quantitative estimate of drug-likeness (QED) is 0.272. The largest absolute Gasteiger partial charge is 0.333 e. The Balaban J connectivity index is 1.51. The molecule has 2 unspecified atom stereocenters. The predicted molar refractivity (Wildman–Crippen MR) is 170 cm³/mol. The molecule has 0 radical (unpaired) electrons. The molecular weight excluding hydrogens is 514 g/mol. The molecule has 0 aromatic heterocycles.